The van der Waals surface area contributed by atoms with E-state index in [2.05, 4.69) is 30.9 Å². The minimum absolute atomic E-state index is 0.262. The number of piperidine rings is 1. The SMILES string of the molecule is CC1CC1c1ccc(C(CN)N2CCCCC2C)o1. The molecule has 0 aromatic carbocycles. The van der Waals surface area contributed by atoms with Gasteiger partial charge in [0.2, 0.25) is 0 Å². The molecule has 1 saturated carbocycles. The molecule has 1 aromatic heterocycles. The molecule has 3 rings (SSSR count). The monoisotopic (exact) mass is 262 g/mol. The first-order valence-electron chi connectivity index (χ1n) is 7.76. The molecular weight excluding hydrogens is 236 g/mol. The fourth-order valence-electron chi connectivity index (χ4n) is 3.46. The van der Waals surface area contributed by atoms with Crippen LogP contribution in [-0.4, -0.2) is 24.0 Å². The van der Waals surface area contributed by atoms with Gasteiger partial charge in [-0.2, -0.15) is 0 Å². The number of nitrogens with zero attached hydrogens (tertiary/aromatic N) is 1. The summed E-state index contributed by atoms with van der Waals surface area (Å²) in [5.41, 5.74) is 6.02. The molecule has 3 nitrogen and oxygen atoms in total. The van der Waals surface area contributed by atoms with Crippen molar-refractivity contribution in [2.45, 2.75) is 57.5 Å². The Kier molecular flexibility index (Phi) is 3.68. The standard InChI is InChI=1S/C16H26N2O/c1-11-9-13(11)15-6-7-16(19-15)14(10-17)18-8-4-3-5-12(18)2/h6-7,11-14H,3-5,8-10,17H2,1-2H3. The molecule has 0 amide bonds. The van der Waals surface area contributed by atoms with E-state index in [1.54, 1.807) is 0 Å². The van der Waals surface area contributed by atoms with Gasteiger partial charge in [-0.3, -0.25) is 4.90 Å². The van der Waals surface area contributed by atoms with Gasteiger partial charge in [-0.05, 0) is 50.8 Å². The second-order valence-corrected chi connectivity index (χ2v) is 6.39. The molecule has 0 spiro atoms. The highest BCUT2D eigenvalue weighted by Gasteiger charge is 2.37. The first kappa shape index (κ1) is 13.2. The van der Waals surface area contributed by atoms with Crippen LogP contribution in [0.2, 0.25) is 0 Å². The van der Waals surface area contributed by atoms with E-state index in [-0.39, 0.29) is 6.04 Å². The Morgan fingerprint density at radius 3 is 2.79 bits per heavy atom. The van der Waals surface area contributed by atoms with E-state index in [4.69, 9.17) is 10.2 Å². The molecule has 3 heteroatoms. The second-order valence-electron chi connectivity index (χ2n) is 6.39. The van der Waals surface area contributed by atoms with Crippen molar-refractivity contribution in [1.82, 2.24) is 4.90 Å². The molecule has 1 aromatic rings. The summed E-state index contributed by atoms with van der Waals surface area (Å²) in [7, 11) is 0. The van der Waals surface area contributed by atoms with Crippen molar-refractivity contribution in [3.63, 3.8) is 0 Å². The summed E-state index contributed by atoms with van der Waals surface area (Å²) in [6.07, 6.45) is 5.19. The maximum Gasteiger partial charge on any atom is 0.122 e. The molecule has 1 saturated heterocycles. The molecular formula is C16H26N2O. The average Bonchev–Trinajstić information content (AvgIpc) is 2.95. The van der Waals surface area contributed by atoms with Crippen molar-refractivity contribution in [2.75, 3.05) is 13.1 Å². The van der Waals surface area contributed by atoms with Crippen LogP contribution in [0.25, 0.3) is 0 Å². The largest absolute Gasteiger partial charge is 0.464 e. The maximum absolute atomic E-state index is 6.11. The Bertz CT molecular complexity index is 428. The minimum Gasteiger partial charge on any atom is -0.464 e. The smallest absolute Gasteiger partial charge is 0.122 e. The molecule has 106 valence electrons. The molecule has 2 aliphatic rings. The molecule has 2 N–H and O–H groups in total. The number of hydrogen-bond acceptors (Lipinski definition) is 3. The van der Waals surface area contributed by atoms with Crippen LogP contribution in [0.15, 0.2) is 16.5 Å². The second kappa shape index (κ2) is 5.29. The highest BCUT2D eigenvalue weighted by Crippen LogP contribution is 2.47. The summed E-state index contributed by atoms with van der Waals surface area (Å²) in [6.45, 7) is 6.41. The average molecular weight is 262 g/mol. The van der Waals surface area contributed by atoms with E-state index in [9.17, 15) is 0 Å². The van der Waals surface area contributed by atoms with Crippen molar-refractivity contribution in [3.8, 4) is 0 Å². The van der Waals surface area contributed by atoms with Crippen molar-refractivity contribution in [2.24, 2.45) is 11.7 Å². The molecule has 4 atom stereocenters. The molecule has 19 heavy (non-hydrogen) atoms. The highest BCUT2D eigenvalue weighted by atomic mass is 16.3. The van der Waals surface area contributed by atoms with Gasteiger partial charge >= 0.3 is 0 Å². The van der Waals surface area contributed by atoms with E-state index >= 15 is 0 Å². The molecule has 1 aliphatic carbocycles. The van der Waals surface area contributed by atoms with Gasteiger partial charge < -0.3 is 10.2 Å². The Hall–Kier alpha value is -0.800. The van der Waals surface area contributed by atoms with Crippen molar-refractivity contribution in [1.29, 1.82) is 0 Å². The van der Waals surface area contributed by atoms with Crippen LogP contribution in [0.1, 0.15) is 63.0 Å². The third-order valence-corrected chi connectivity index (χ3v) is 4.93. The maximum atomic E-state index is 6.11. The van der Waals surface area contributed by atoms with Crippen molar-refractivity contribution in [3.05, 3.63) is 23.7 Å². The summed E-state index contributed by atoms with van der Waals surface area (Å²) >= 11 is 0. The van der Waals surface area contributed by atoms with E-state index in [0.717, 1.165) is 18.2 Å². The van der Waals surface area contributed by atoms with Gasteiger partial charge in [-0.1, -0.05) is 13.3 Å². The summed E-state index contributed by atoms with van der Waals surface area (Å²) in [5.74, 6) is 3.70. The third-order valence-electron chi connectivity index (χ3n) is 4.93. The normalized spacial score (nSPS) is 33.3. The molecule has 4 unspecified atom stereocenters. The van der Waals surface area contributed by atoms with E-state index in [1.165, 1.54) is 31.4 Å². The van der Waals surface area contributed by atoms with Crippen LogP contribution in [0.5, 0.6) is 0 Å². The molecule has 1 aliphatic heterocycles. The number of likely N-dealkylation sites (tertiary alicyclic amines) is 1. The van der Waals surface area contributed by atoms with E-state index < -0.39 is 0 Å². The zero-order valence-corrected chi connectivity index (χ0v) is 12.1. The fourth-order valence-corrected chi connectivity index (χ4v) is 3.46. The Balaban J connectivity index is 1.75. The Morgan fingerprint density at radius 2 is 2.16 bits per heavy atom. The van der Waals surface area contributed by atoms with Crippen molar-refractivity contribution < 1.29 is 4.42 Å². The molecule has 0 bridgehead atoms. The topological polar surface area (TPSA) is 42.4 Å². The van der Waals surface area contributed by atoms with Crippen LogP contribution < -0.4 is 5.73 Å². The summed E-state index contributed by atoms with van der Waals surface area (Å²) in [4.78, 5) is 2.53. The first-order chi connectivity index (χ1) is 9.20. The van der Waals surface area contributed by atoms with Crippen LogP contribution in [0.3, 0.4) is 0 Å². The van der Waals surface area contributed by atoms with Gasteiger partial charge in [0.25, 0.3) is 0 Å². The van der Waals surface area contributed by atoms with Crippen molar-refractivity contribution >= 4 is 0 Å². The number of furan rings is 1. The number of hydrogen-bond donors (Lipinski definition) is 1. The fraction of sp³-hybridized carbons (Fsp3) is 0.750. The van der Waals surface area contributed by atoms with E-state index in [1.807, 2.05) is 0 Å². The lowest BCUT2D eigenvalue weighted by Crippen LogP contribution is -2.42. The molecule has 2 fully saturated rings. The van der Waals surface area contributed by atoms with Gasteiger partial charge in [0.1, 0.15) is 11.5 Å². The Morgan fingerprint density at radius 1 is 1.37 bits per heavy atom. The van der Waals surface area contributed by atoms with Crippen LogP contribution >= 0.6 is 0 Å². The highest BCUT2D eigenvalue weighted by molar-refractivity contribution is 5.19. The van der Waals surface area contributed by atoms with E-state index in [0.29, 0.717) is 18.5 Å². The van der Waals surface area contributed by atoms with Gasteiger partial charge in [-0.25, -0.2) is 0 Å². The first-order valence-corrected chi connectivity index (χ1v) is 7.76. The molecule has 2 heterocycles. The number of nitrogens with two attached hydrogens (primary N) is 1. The van der Waals surface area contributed by atoms with Crippen LogP contribution in [0.4, 0.5) is 0 Å². The summed E-state index contributed by atoms with van der Waals surface area (Å²) in [6, 6.07) is 5.20. The summed E-state index contributed by atoms with van der Waals surface area (Å²) in [5, 5.41) is 0. The lowest BCUT2D eigenvalue weighted by molar-refractivity contribution is 0.0951. The van der Waals surface area contributed by atoms with Gasteiger partial charge in [0.05, 0.1) is 6.04 Å². The lowest BCUT2D eigenvalue weighted by atomic mass is 10.00. The predicted octanol–water partition coefficient (Wildman–Crippen LogP) is 3.28. The van der Waals surface area contributed by atoms with Gasteiger partial charge in [0, 0.05) is 18.5 Å². The summed E-state index contributed by atoms with van der Waals surface area (Å²) < 4.78 is 6.11. The molecule has 0 radical (unpaired) electrons. The Labute approximate surface area is 116 Å². The quantitative estimate of drug-likeness (QED) is 0.905. The van der Waals surface area contributed by atoms with Crippen LogP contribution in [-0.2, 0) is 0 Å². The van der Waals surface area contributed by atoms with Gasteiger partial charge in [-0.15, -0.1) is 0 Å². The third kappa shape index (κ3) is 2.59. The van der Waals surface area contributed by atoms with Gasteiger partial charge in [0.15, 0.2) is 0 Å². The predicted molar refractivity (Wildman–Crippen MR) is 77.0 cm³/mol. The van der Waals surface area contributed by atoms with Crippen LogP contribution in [0, 0.1) is 5.92 Å². The minimum atomic E-state index is 0.262. The number of rotatable bonds is 4. The zero-order chi connectivity index (χ0) is 13.4. The lowest BCUT2D eigenvalue weighted by Gasteiger charge is -2.38. The zero-order valence-electron chi connectivity index (χ0n) is 12.1.